The Morgan fingerprint density at radius 2 is 1.71 bits per heavy atom. The van der Waals surface area contributed by atoms with Crippen LogP contribution in [-0.2, 0) is 20.6 Å². The first-order valence-corrected chi connectivity index (χ1v) is 16.3. The number of amides is 5. The number of halogens is 3. The van der Waals surface area contributed by atoms with Crippen LogP contribution in [0.2, 0.25) is 0 Å². The van der Waals surface area contributed by atoms with Gasteiger partial charge in [0.25, 0.3) is 17.7 Å². The largest absolute Gasteiger partial charge is 0.416 e. The number of piperidine rings is 1. The molecule has 4 aliphatic rings. The van der Waals surface area contributed by atoms with E-state index in [-0.39, 0.29) is 47.1 Å². The van der Waals surface area contributed by atoms with Crippen molar-refractivity contribution in [2.24, 2.45) is 22.6 Å². The lowest BCUT2D eigenvalue weighted by molar-refractivity contribution is -0.138. The first kappa shape index (κ1) is 35.0. The predicted octanol–water partition coefficient (Wildman–Crippen LogP) is 3.64. The molecule has 1 unspecified atom stereocenters. The van der Waals surface area contributed by atoms with E-state index in [1.165, 1.54) is 18.5 Å². The SMILES string of the molecule is CC(C)(N=CC(C#CC1CN(c2ccc3c(c2)C(=O)N(C2CCC(=O)NC2=O)C3=O)C1)=CN)C(=O)Nc1ccc(C(F)(F)F)cc1C#CC1CC1. The Kier molecular flexibility index (Phi) is 9.21. The van der Waals surface area contributed by atoms with Crippen LogP contribution in [0.5, 0.6) is 0 Å². The number of fused-ring (bicyclic) bond motifs is 1. The molecule has 4 N–H and O–H groups in total. The second-order valence-corrected chi connectivity index (χ2v) is 13.2. The average Bonchev–Trinajstić information content (AvgIpc) is 3.86. The molecule has 11 nitrogen and oxygen atoms in total. The molecule has 0 aromatic heterocycles. The topological polar surface area (TPSA) is 154 Å². The highest BCUT2D eigenvalue weighted by atomic mass is 19.4. The molecule has 0 radical (unpaired) electrons. The van der Waals surface area contributed by atoms with E-state index in [4.69, 9.17) is 5.73 Å². The lowest BCUT2D eigenvalue weighted by Crippen LogP contribution is -2.54. The van der Waals surface area contributed by atoms with Crippen LogP contribution in [0.3, 0.4) is 0 Å². The summed E-state index contributed by atoms with van der Waals surface area (Å²) in [5.74, 6) is 9.03. The van der Waals surface area contributed by atoms with E-state index < -0.39 is 52.9 Å². The third-order valence-electron chi connectivity index (χ3n) is 8.94. The number of hydrogen-bond donors (Lipinski definition) is 3. The van der Waals surface area contributed by atoms with Crippen molar-refractivity contribution in [1.82, 2.24) is 10.2 Å². The Hall–Kier alpha value is -5.89. The van der Waals surface area contributed by atoms with Crippen molar-refractivity contribution in [3.8, 4) is 23.7 Å². The molecule has 2 saturated heterocycles. The van der Waals surface area contributed by atoms with Gasteiger partial charge in [0, 0.05) is 49.1 Å². The molecule has 14 heteroatoms. The number of imide groups is 2. The number of anilines is 2. The number of benzene rings is 2. The Labute approximate surface area is 291 Å². The fourth-order valence-corrected chi connectivity index (χ4v) is 5.64. The predicted molar refractivity (Wildman–Crippen MR) is 181 cm³/mol. The van der Waals surface area contributed by atoms with E-state index in [9.17, 15) is 37.1 Å². The van der Waals surface area contributed by atoms with Gasteiger partial charge in [-0.15, -0.1) is 0 Å². The van der Waals surface area contributed by atoms with Crippen molar-refractivity contribution in [3.63, 3.8) is 0 Å². The van der Waals surface area contributed by atoms with Crippen molar-refractivity contribution in [2.75, 3.05) is 23.3 Å². The van der Waals surface area contributed by atoms with E-state index >= 15 is 0 Å². The summed E-state index contributed by atoms with van der Waals surface area (Å²) in [6, 6.07) is 6.85. The molecule has 1 saturated carbocycles. The van der Waals surface area contributed by atoms with Crippen LogP contribution in [0.15, 0.2) is 53.2 Å². The van der Waals surface area contributed by atoms with Crippen LogP contribution in [-0.4, -0.2) is 65.3 Å². The van der Waals surface area contributed by atoms with Gasteiger partial charge in [-0.05, 0) is 69.5 Å². The van der Waals surface area contributed by atoms with Gasteiger partial charge in [-0.1, -0.05) is 23.7 Å². The summed E-state index contributed by atoms with van der Waals surface area (Å²) < 4.78 is 40.0. The Morgan fingerprint density at radius 3 is 2.37 bits per heavy atom. The van der Waals surface area contributed by atoms with Crippen LogP contribution in [0, 0.1) is 35.5 Å². The number of aliphatic imine (C=N–C) groups is 1. The van der Waals surface area contributed by atoms with Crippen LogP contribution in [0.4, 0.5) is 24.5 Å². The number of hydrogen-bond acceptors (Lipinski definition) is 8. The molecule has 1 aliphatic carbocycles. The highest BCUT2D eigenvalue weighted by Gasteiger charge is 2.45. The normalized spacial score (nSPS) is 19.5. The maximum Gasteiger partial charge on any atom is 0.416 e. The smallest absolute Gasteiger partial charge is 0.404 e. The minimum Gasteiger partial charge on any atom is -0.404 e. The Bertz CT molecular complexity index is 2040. The fourth-order valence-electron chi connectivity index (χ4n) is 5.64. The van der Waals surface area contributed by atoms with E-state index in [2.05, 4.69) is 39.3 Å². The lowest BCUT2D eigenvalue weighted by Gasteiger charge is -2.38. The average molecular weight is 699 g/mol. The fraction of sp³-hybridized carbons (Fsp3) is 0.351. The number of carbonyl (C=O) groups is 5. The van der Waals surface area contributed by atoms with E-state index in [0.717, 1.165) is 29.9 Å². The van der Waals surface area contributed by atoms with Gasteiger partial charge < -0.3 is 16.0 Å². The highest BCUT2D eigenvalue weighted by molar-refractivity contribution is 6.23. The molecular formula is C37H33F3N6O5. The maximum absolute atomic E-state index is 13.3. The standard InChI is InChI=1S/C37H33F3N6O5/c1-36(2,35(51)43-29-12-9-25(37(38,39)40)15-24(29)8-7-21-3-4-21)42-18-22(17-41)5-6-23-19-45(20-23)26-10-11-27-28(16-26)34(50)46(33(27)49)30-13-14-31(47)44-32(30)48/h9-12,15-18,21,23,30H,3-4,13-14,19-20,41H2,1-2H3,(H,43,51)(H,44,47,48). The molecule has 1 atom stereocenters. The summed E-state index contributed by atoms with van der Waals surface area (Å²) in [5.41, 5.74) is 5.23. The number of rotatable bonds is 6. The lowest BCUT2D eigenvalue weighted by atomic mass is 9.98. The maximum atomic E-state index is 13.3. The summed E-state index contributed by atoms with van der Waals surface area (Å²) in [4.78, 5) is 70.5. The number of nitrogens with one attached hydrogen (secondary N) is 2. The van der Waals surface area contributed by atoms with Gasteiger partial charge >= 0.3 is 6.18 Å². The van der Waals surface area contributed by atoms with Crippen molar-refractivity contribution >= 4 is 47.1 Å². The van der Waals surface area contributed by atoms with Crippen molar-refractivity contribution in [1.29, 1.82) is 0 Å². The first-order valence-electron chi connectivity index (χ1n) is 16.3. The molecular weight excluding hydrogens is 665 g/mol. The van der Waals surface area contributed by atoms with Gasteiger partial charge in [-0.25, -0.2) is 0 Å². The molecule has 262 valence electrons. The second-order valence-electron chi connectivity index (χ2n) is 13.2. The van der Waals surface area contributed by atoms with E-state index in [1.54, 1.807) is 32.0 Å². The number of nitrogens with zero attached hydrogens (tertiary/aromatic N) is 3. The molecule has 5 amide bonds. The summed E-state index contributed by atoms with van der Waals surface area (Å²) in [5, 5.41) is 4.84. The zero-order valence-electron chi connectivity index (χ0n) is 27.7. The molecule has 0 spiro atoms. The van der Waals surface area contributed by atoms with Gasteiger partial charge in [0.1, 0.15) is 11.6 Å². The molecule has 6 rings (SSSR count). The van der Waals surface area contributed by atoms with Gasteiger partial charge in [0.15, 0.2) is 0 Å². The van der Waals surface area contributed by atoms with Crippen LogP contribution in [0.1, 0.15) is 71.4 Å². The van der Waals surface area contributed by atoms with E-state index in [1.807, 2.05) is 4.90 Å². The van der Waals surface area contributed by atoms with Gasteiger partial charge in [0.05, 0.1) is 33.9 Å². The number of alkyl halides is 3. The number of carbonyl (C=O) groups excluding carboxylic acids is 5. The Balaban J connectivity index is 1.06. The van der Waals surface area contributed by atoms with Crippen LogP contribution < -0.4 is 21.3 Å². The minimum atomic E-state index is -4.56. The molecule has 2 aromatic rings. The number of nitrogens with two attached hydrogens (primary N) is 1. The molecule has 3 fully saturated rings. The van der Waals surface area contributed by atoms with E-state index in [0.29, 0.717) is 24.4 Å². The van der Waals surface area contributed by atoms with Crippen LogP contribution >= 0.6 is 0 Å². The van der Waals surface area contributed by atoms with Crippen molar-refractivity contribution in [3.05, 3.63) is 70.4 Å². The molecule has 3 heterocycles. The zero-order chi connectivity index (χ0) is 36.7. The molecule has 2 aromatic carbocycles. The molecule has 51 heavy (non-hydrogen) atoms. The van der Waals surface area contributed by atoms with Crippen LogP contribution in [0.25, 0.3) is 0 Å². The second kappa shape index (κ2) is 13.4. The van der Waals surface area contributed by atoms with Gasteiger partial charge in [0.2, 0.25) is 11.8 Å². The molecule has 3 aliphatic heterocycles. The first-order chi connectivity index (χ1) is 24.1. The summed E-state index contributed by atoms with van der Waals surface area (Å²) in [6.07, 6.45) is -0.0523. The minimum absolute atomic E-state index is 0.0359. The highest BCUT2D eigenvalue weighted by Crippen LogP contribution is 2.34. The monoisotopic (exact) mass is 698 g/mol. The zero-order valence-corrected chi connectivity index (χ0v) is 27.7. The van der Waals surface area contributed by atoms with Gasteiger partial charge in [-0.2, -0.15) is 13.2 Å². The third-order valence-corrected chi connectivity index (χ3v) is 8.94. The van der Waals surface area contributed by atoms with Crippen molar-refractivity contribution < 1.29 is 37.1 Å². The summed E-state index contributed by atoms with van der Waals surface area (Å²) >= 11 is 0. The quantitative estimate of drug-likeness (QED) is 0.237. The molecule has 0 bridgehead atoms. The third kappa shape index (κ3) is 7.50. The summed E-state index contributed by atoms with van der Waals surface area (Å²) in [6.45, 7) is 4.13. The van der Waals surface area contributed by atoms with Crippen molar-refractivity contribution in [2.45, 2.75) is 57.3 Å². The summed E-state index contributed by atoms with van der Waals surface area (Å²) in [7, 11) is 0. The van der Waals surface area contributed by atoms with Gasteiger partial charge in [-0.3, -0.25) is 39.2 Å². The number of allylic oxidation sites excluding steroid dienone is 1. The Morgan fingerprint density at radius 1 is 0.980 bits per heavy atom.